The maximum Gasteiger partial charge on any atom is 0.193 e. The van der Waals surface area contributed by atoms with Gasteiger partial charge in [-0.1, -0.05) is 6.92 Å². The van der Waals surface area contributed by atoms with Crippen LogP contribution in [0.2, 0.25) is 0 Å². The fourth-order valence-corrected chi connectivity index (χ4v) is 4.42. The Morgan fingerprint density at radius 1 is 1.48 bits per heavy atom. The first-order valence-electron chi connectivity index (χ1n) is 8.80. The van der Waals surface area contributed by atoms with Crippen LogP contribution in [0.5, 0.6) is 5.75 Å². The van der Waals surface area contributed by atoms with Gasteiger partial charge in [0.2, 0.25) is 0 Å². The van der Waals surface area contributed by atoms with Crippen LogP contribution in [0.4, 0.5) is 4.39 Å². The highest BCUT2D eigenvalue weighted by molar-refractivity contribution is 8.00. The average Bonchev–Trinajstić information content (AvgIpc) is 2.65. The summed E-state index contributed by atoms with van der Waals surface area (Å²) in [5.41, 5.74) is 1.66. The lowest BCUT2D eigenvalue weighted by molar-refractivity contribution is -0.0172. The number of ether oxygens (including phenoxy) is 2. The number of nitrogens with one attached hydrogen (secondary N) is 1. The van der Waals surface area contributed by atoms with Gasteiger partial charge in [0, 0.05) is 43.2 Å². The van der Waals surface area contributed by atoms with Gasteiger partial charge >= 0.3 is 0 Å². The minimum Gasteiger partial charge on any atom is -0.467 e. The predicted molar refractivity (Wildman–Crippen MR) is 99.9 cm³/mol. The van der Waals surface area contributed by atoms with E-state index in [2.05, 4.69) is 22.1 Å². The van der Waals surface area contributed by atoms with Crippen molar-refractivity contribution in [3.05, 3.63) is 29.1 Å². The predicted octanol–water partition coefficient (Wildman–Crippen LogP) is 2.64. The lowest BCUT2D eigenvalue weighted by Crippen LogP contribution is -2.48. The van der Waals surface area contributed by atoms with Crippen LogP contribution in [-0.2, 0) is 17.8 Å². The highest BCUT2D eigenvalue weighted by Crippen LogP contribution is 2.29. The molecular formula is C18H26FN3O2S. The molecule has 25 heavy (non-hydrogen) atoms. The molecule has 0 aliphatic carbocycles. The number of guanidine groups is 1. The summed E-state index contributed by atoms with van der Waals surface area (Å²) in [6, 6.07) is 3.04. The largest absolute Gasteiger partial charge is 0.467 e. The number of hydrogen-bond donors (Lipinski definition) is 1. The van der Waals surface area contributed by atoms with Crippen molar-refractivity contribution in [1.82, 2.24) is 10.2 Å². The normalized spacial score (nSPS) is 20.8. The molecule has 0 aromatic heterocycles. The van der Waals surface area contributed by atoms with E-state index in [4.69, 9.17) is 9.47 Å². The zero-order chi connectivity index (χ0) is 17.6. The fourth-order valence-electron chi connectivity index (χ4n) is 3.24. The Kier molecular flexibility index (Phi) is 6.42. The second-order valence-electron chi connectivity index (χ2n) is 6.23. The molecule has 1 N–H and O–H groups in total. The van der Waals surface area contributed by atoms with E-state index in [1.54, 1.807) is 6.07 Å². The molecule has 0 spiro atoms. The van der Waals surface area contributed by atoms with E-state index in [1.165, 1.54) is 12.5 Å². The second kappa shape index (κ2) is 8.76. The van der Waals surface area contributed by atoms with Crippen molar-refractivity contribution < 1.29 is 13.9 Å². The summed E-state index contributed by atoms with van der Waals surface area (Å²) in [6.45, 7) is 5.58. The minimum atomic E-state index is -0.244. The van der Waals surface area contributed by atoms with Crippen LogP contribution in [0.3, 0.4) is 0 Å². The Balaban J connectivity index is 1.59. The van der Waals surface area contributed by atoms with Crippen LogP contribution in [0.25, 0.3) is 0 Å². The van der Waals surface area contributed by atoms with Gasteiger partial charge in [0.1, 0.15) is 11.6 Å². The smallest absolute Gasteiger partial charge is 0.193 e. The summed E-state index contributed by atoms with van der Waals surface area (Å²) in [4.78, 5) is 6.73. The van der Waals surface area contributed by atoms with Crippen molar-refractivity contribution in [2.75, 3.05) is 39.2 Å². The van der Waals surface area contributed by atoms with Gasteiger partial charge in [-0.2, -0.15) is 11.8 Å². The van der Waals surface area contributed by atoms with Crippen molar-refractivity contribution in [2.24, 2.45) is 4.99 Å². The Morgan fingerprint density at radius 3 is 3.16 bits per heavy atom. The number of rotatable bonds is 4. The molecule has 3 rings (SSSR count). The van der Waals surface area contributed by atoms with Crippen LogP contribution in [0, 0.1) is 5.82 Å². The van der Waals surface area contributed by atoms with E-state index >= 15 is 0 Å². The molecular weight excluding hydrogens is 341 g/mol. The van der Waals surface area contributed by atoms with Gasteiger partial charge in [-0.25, -0.2) is 4.39 Å². The van der Waals surface area contributed by atoms with Crippen molar-refractivity contribution in [3.63, 3.8) is 0 Å². The number of nitrogens with zero attached hydrogens (tertiary/aromatic N) is 2. The van der Waals surface area contributed by atoms with Gasteiger partial charge in [-0.3, -0.25) is 4.99 Å². The molecule has 7 heteroatoms. The zero-order valence-corrected chi connectivity index (χ0v) is 15.7. The molecule has 0 saturated carbocycles. The highest BCUT2D eigenvalue weighted by Gasteiger charge is 2.22. The Labute approximate surface area is 153 Å². The molecule has 0 bridgehead atoms. The molecule has 1 saturated heterocycles. The van der Waals surface area contributed by atoms with Crippen LogP contribution in [0.1, 0.15) is 24.5 Å². The average molecular weight is 367 g/mol. The SMILES string of the molecule is CCC1CN(C(=NC)NCCc2cc(F)cc3c2OCOC3)CCS1. The van der Waals surface area contributed by atoms with Gasteiger partial charge in [-0.15, -0.1) is 0 Å². The van der Waals surface area contributed by atoms with Gasteiger partial charge in [0.25, 0.3) is 0 Å². The van der Waals surface area contributed by atoms with Crippen LogP contribution in [0.15, 0.2) is 17.1 Å². The third kappa shape index (κ3) is 4.58. The molecule has 1 aromatic rings. The molecule has 1 atom stereocenters. The van der Waals surface area contributed by atoms with Crippen molar-refractivity contribution >= 4 is 17.7 Å². The Morgan fingerprint density at radius 2 is 2.36 bits per heavy atom. The topological polar surface area (TPSA) is 46.1 Å². The molecule has 0 radical (unpaired) electrons. The van der Waals surface area contributed by atoms with Crippen LogP contribution < -0.4 is 10.1 Å². The number of aliphatic imine (C=N–C) groups is 1. The van der Waals surface area contributed by atoms with E-state index in [0.717, 1.165) is 41.7 Å². The first kappa shape index (κ1) is 18.3. The standard InChI is InChI=1S/C18H26FN3O2S/c1-3-16-10-22(6-7-25-16)18(20-2)21-5-4-13-8-15(19)9-14-11-23-12-24-17(13)14/h8-9,16H,3-7,10-12H2,1-2H3,(H,20,21). The summed E-state index contributed by atoms with van der Waals surface area (Å²) >= 11 is 2.04. The maximum atomic E-state index is 13.8. The fraction of sp³-hybridized carbons (Fsp3) is 0.611. The lowest BCUT2D eigenvalue weighted by atomic mass is 10.1. The molecule has 138 valence electrons. The summed E-state index contributed by atoms with van der Waals surface area (Å²) in [5.74, 6) is 2.58. The van der Waals surface area contributed by atoms with Crippen LogP contribution >= 0.6 is 11.8 Å². The monoisotopic (exact) mass is 367 g/mol. The van der Waals surface area contributed by atoms with Gasteiger partial charge in [-0.05, 0) is 30.5 Å². The van der Waals surface area contributed by atoms with Gasteiger partial charge < -0.3 is 19.7 Å². The number of halogens is 1. The number of fused-ring (bicyclic) bond motifs is 1. The molecule has 1 fully saturated rings. The summed E-state index contributed by atoms with van der Waals surface area (Å²) in [7, 11) is 1.82. The van der Waals surface area contributed by atoms with Gasteiger partial charge in [0.15, 0.2) is 12.8 Å². The minimum absolute atomic E-state index is 0.227. The summed E-state index contributed by atoms with van der Waals surface area (Å²) in [5, 5.41) is 4.08. The quantitative estimate of drug-likeness (QED) is 0.655. The molecule has 2 aliphatic heterocycles. The third-order valence-electron chi connectivity index (χ3n) is 4.53. The van der Waals surface area contributed by atoms with Crippen LogP contribution in [-0.4, -0.2) is 55.3 Å². The summed E-state index contributed by atoms with van der Waals surface area (Å²) < 4.78 is 24.6. The third-order valence-corrected chi connectivity index (χ3v) is 5.91. The molecule has 2 aliphatic rings. The van der Waals surface area contributed by atoms with E-state index in [1.807, 2.05) is 18.8 Å². The molecule has 0 amide bonds. The van der Waals surface area contributed by atoms with Crippen molar-refractivity contribution in [2.45, 2.75) is 31.6 Å². The van der Waals surface area contributed by atoms with E-state index in [-0.39, 0.29) is 12.6 Å². The Hall–Kier alpha value is -1.47. The number of thioether (sulfide) groups is 1. The highest BCUT2D eigenvalue weighted by atomic mass is 32.2. The molecule has 5 nitrogen and oxygen atoms in total. The molecule has 2 heterocycles. The summed E-state index contributed by atoms with van der Waals surface area (Å²) in [6.07, 6.45) is 1.85. The van der Waals surface area contributed by atoms with E-state index in [9.17, 15) is 4.39 Å². The van der Waals surface area contributed by atoms with Crippen molar-refractivity contribution in [3.8, 4) is 5.75 Å². The molecule has 1 unspecified atom stereocenters. The lowest BCUT2D eigenvalue weighted by Gasteiger charge is -2.34. The first-order chi connectivity index (χ1) is 12.2. The first-order valence-corrected chi connectivity index (χ1v) is 9.85. The van der Waals surface area contributed by atoms with Crippen molar-refractivity contribution in [1.29, 1.82) is 0 Å². The van der Waals surface area contributed by atoms with Gasteiger partial charge in [0.05, 0.1) is 6.61 Å². The van der Waals surface area contributed by atoms with E-state index < -0.39 is 0 Å². The molecule has 1 aromatic carbocycles. The van der Waals surface area contributed by atoms with E-state index in [0.29, 0.717) is 24.8 Å². The second-order valence-corrected chi connectivity index (χ2v) is 7.64. The number of hydrogen-bond acceptors (Lipinski definition) is 4. The zero-order valence-electron chi connectivity index (χ0n) is 14.9. The number of benzene rings is 1. The Bertz CT molecular complexity index is 627. The maximum absolute atomic E-state index is 13.8.